The number of aromatic nitrogens is 2. The summed E-state index contributed by atoms with van der Waals surface area (Å²) in [4.78, 5) is 4.32. The lowest BCUT2D eigenvalue weighted by molar-refractivity contribution is 0.174. The average molecular weight is 244 g/mol. The van der Waals surface area contributed by atoms with Gasteiger partial charge in [0.15, 0.2) is 11.5 Å². The molecule has 0 unspecified atom stereocenters. The Bertz CT molecular complexity index is 707. The van der Waals surface area contributed by atoms with E-state index in [0.29, 0.717) is 5.75 Å². The quantitative estimate of drug-likeness (QED) is 0.727. The molecule has 1 aromatic heterocycles. The Morgan fingerprint density at radius 3 is 3.00 bits per heavy atom. The molecule has 0 bridgehead atoms. The van der Waals surface area contributed by atoms with Gasteiger partial charge in [-0.25, -0.2) is 4.98 Å². The summed E-state index contributed by atoms with van der Waals surface area (Å²) in [6, 6.07) is 3.78. The van der Waals surface area contributed by atoms with Crippen molar-refractivity contribution in [1.29, 1.82) is 5.41 Å². The number of nitrogens with one attached hydrogen (secondary N) is 2. The molecule has 1 aromatic carbocycles. The van der Waals surface area contributed by atoms with Crippen LogP contribution in [-0.2, 0) is 6.54 Å². The lowest BCUT2D eigenvalue weighted by atomic mass is 10.2. The van der Waals surface area contributed by atoms with Crippen LogP contribution in [0.2, 0.25) is 0 Å². The van der Waals surface area contributed by atoms with Gasteiger partial charge in [0.2, 0.25) is 12.4 Å². The molecule has 0 spiro atoms. The minimum absolute atomic E-state index is 0.252. The Hall–Kier alpha value is -2.24. The molecule has 0 saturated heterocycles. The zero-order valence-corrected chi connectivity index (χ0v) is 9.69. The van der Waals surface area contributed by atoms with Gasteiger partial charge in [0.05, 0.1) is 5.52 Å². The minimum atomic E-state index is 0.252. The average Bonchev–Trinajstić information content (AvgIpc) is 2.84. The predicted octanol–water partition coefficient (Wildman–Crippen LogP) is 1.06. The first-order valence-corrected chi connectivity index (χ1v) is 5.95. The monoisotopic (exact) mass is 244 g/mol. The zero-order valence-electron chi connectivity index (χ0n) is 9.69. The highest BCUT2D eigenvalue weighted by Gasteiger charge is 2.19. The number of rotatable bonds is 0. The highest BCUT2D eigenvalue weighted by atomic mass is 16.7. The topological polar surface area (TPSA) is 72.2 Å². The summed E-state index contributed by atoms with van der Waals surface area (Å²) in [6.45, 7) is 2.01. The second-order valence-corrected chi connectivity index (χ2v) is 4.44. The summed E-state index contributed by atoms with van der Waals surface area (Å²) in [5, 5.41) is 12.3. The Morgan fingerprint density at radius 1 is 1.28 bits per heavy atom. The molecular formula is C12H12N4O2. The maximum absolute atomic E-state index is 7.97. The molecule has 0 amide bonds. The predicted molar refractivity (Wildman–Crippen MR) is 64.8 cm³/mol. The van der Waals surface area contributed by atoms with E-state index in [1.165, 1.54) is 0 Å². The fraction of sp³-hybridized carbons (Fsp3) is 0.333. The van der Waals surface area contributed by atoms with Crippen molar-refractivity contribution in [1.82, 2.24) is 9.55 Å². The summed E-state index contributed by atoms with van der Waals surface area (Å²) >= 11 is 0. The number of hydrogen-bond donors (Lipinski definition) is 2. The minimum Gasteiger partial charge on any atom is -0.454 e. The lowest BCUT2D eigenvalue weighted by Gasteiger charge is -2.22. The molecule has 4 rings (SSSR count). The second kappa shape index (κ2) is 3.38. The molecule has 2 aliphatic rings. The van der Waals surface area contributed by atoms with Crippen LogP contribution in [0.1, 0.15) is 6.42 Å². The van der Waals surface area contributed by atoms with Crippen molar-refractivity contribution in [3.63, 3.8) is 0 Å². The SMILES string of the molecule is N=c1nc2cc3c(cc2c2n1CCCN2)OCO3. The first-order valence-electron chi connectivity index (χ1n) is 5.95. The van der Waals surface area contributed by atoms with Crippen LogP contribution in [0.4, 0.5) is 5.82 Å². The smallest absolute Gasteiger partial charge is 0.231 e. The normalized spacial score (nSPS) is 16.4. The van der Waals surface area contributed by atoms with E-state index in [1.54, 1.807) is 0 Å². The molecule has 92 valence electrons. The standard InChI is InChI=1S/C12H12N4O2/c13-12-15-8-5-10-9(17-6-18-10)4-7(8)11-14-2-1-3-16(11)12/h4-5,13-14H,1-3,6H2. The van der Waals surface area contributed by atoms with Crippen molar-refractivity contribution >= 4 is 16.7 Å². The number of nitrogens with zero attached hydrogens (tertiary/aromatic N) is 2. The Morgan fingerprint density at radius 2 is 2.11 bits per heavy atom. The molecule has 18 heavy (non-hydrogen) atoms. The van der Waals surface area contributed by atoms with Gasteiger partial charge in [-0.2, -0.15) is 0 Å². The van der Waals surface area contributed by atoms with Crippen LogP contribution in [0.15, 0.2) is 12.1 Å². The first-order chi connectivity index (χ1) is 8.83. The number of anilines is 1. The van der Waals surface area contributed by atoms with E-state index in [2.05, 4.69) is 10.3 Å². The molecule has 2 N–H and O–H groups in total. The molecule has 0 fully saturated rings. The van der Waals surface area contributed by atoms with Gasteiger partial charge >= 0.3 is 0 Å². The molecule has 6 heteroatoms. The Kier molecular flexibility index (Phi) is 1.83. The largest absolute Gasteiger partial charge is 0.454 e. The fourth-order valence-corrected chi connectivity index (χ4v) is 2.49. The van der Waals surface area contributed by atoms with E-state index >= 15 is 0 Å². The molecule has 3 heterocycles. The summed E-state index contributed by atoms with van der Waals surface area (Å²) in [5.41, 5.74) is 1.05. The van der Waals surface area contributed by atoms with E-state index in [1.807, 2.05) is 16.7 Å². The van der Waals surface area contributed by atoms with Gasteiger partial charge < -0.3 is 14.8 Å². The van der Waals surface area contributed by atoms with Crippen LogP contribution in [0, 0.1) is 5.41 Å². The van der Waals surface area contributed by atoms with Crippen molar-refractivity contribution in [3.8, 4) is 11.5 Å². The van der Waals surface area contributed by atoms with Crippen LogP contribution in [-0.4, -0.2) is 22.9 Å². The van der Waals surface area contributed by atoms with Crippen molar-refractivity contribution in [3.05, 3.63) is 17.8 Å². The summed E-state index contributed by atoms with van der Waals surface area (Å²) in [6.07, 6.45) is 1.02. The zero-order chi connectivity index (χ0) is 12.1. The van der Waals surface area contributed by atoms with Crippen molar-refractivity contribution < 1.29 is 9.47 Å². The van der Waals surface area contributed by atoms with Crippen molar-refractivity contribution in [2.24, 2.45) is 0 Å². The molecule has 0 aliphatic carbocycles. The van der Waals surface area contributed by atoms with Gasteiger partial charge in [-0.05, 0) is 12.5 Å². The van der Waals surface area contributed by atoms with Crippen LogP contribution in [0.5, 0.6) is 11.5 Å². The summed E-state index contributed by atoms with van der Waals surface area (Å²) in [5.74, 6) is 2.40. The third-order valence-electron chi connectivity index (χ3n) is 3.35. The fourth-order valence-electron chi connectivity index (χ4n) is 2.49. The Balaban J connectivity index is 2.09. The molecule has 6 nitrogen and oxygen atoms in total. The number of benzene rings is 1. The van der Waals surface area contributed by atoms with E-state index in [0.717, 1.165) is 42.0 Å². The van der Waals surface area contributed by atoms with Gasteiger partial charge in [-0.3, -0.25) is 9.98 Å². The lowest BCUT2D eigenvalue weighted by Crippen LogP contribution is -2.30. The maximum Gasteiger partial charge on any atom is 0.231 e. The van der Waals surface area contributed by atoms with Crippen molar-refractivity contribution in [2.75, 3.05) is 18.7 Å². The highest BCUT2D eigenvalue weighted by Crippen LogP contribution is 2.37. The molecule has 2 aromatic rings. The molecule has 0 radical (unpaired) electrons. The summed E-state index contributed by atoms with van der Waals surface area (Å²) < 4.78 is 12.6. The molecule has 0 saturated carbocycles. The summed E-state index contributed by atoms with van der Waals surface area (Å²) in [7, 11) is 0. The number of hydrogen-bond acceptors (Lipinski definition) is 5. The van der Waals surface area contributed by atoms with Crippen LogP contribution >= 0.6 is 0 Å². The third kappa shape index (κ3) is 1.23. The molecule has 2 aliphatic heterocycles. The van der Waals surface area contributed by atoms with E-state index in [-0.39, 0.29) is 12.4 Å². The van der Waals surface area contributed by atoms with Gasteiger partial charge in [0, 0.05) is 24.5 Å². The molecular weight excluding hydrogens is 232 g/mol. The Labute approximate surface area is 103 Å². The number of ether oxygens (including phenoxy) is 2. The van der Waals surface area contributed by atoms with Gasteiger partial charge in [-0.1, -0.05) is 0 Å². The third-order valence-corrected chi connectivity index (χ3v) is 3.35. The van der Waals surface area contributed by atoms with Crippen LogP contribution < -0.4 is 20.4 Å². The highest BCUT2D eigenvalue weighted by molar-refractivity contribution is 5.92. The molecule has 0 atom stereocenters. The van der Waals surface area contributed by atoms with Crippen molar-refractivity contribution in [2.45, 2.75) is 13.0 Å². The second-order valence-electron chi connectivity index (χ2n) is 4.44. The first kappa shape index (κ1) is 9.76. The van der Waals surface area contributed by atoms with Gasteiger partial charge in [0.25, 0.3) is 0 Å². The van der Waals surface area contributed by atoms with E-state index < -0.39 is 0 Å². The van der Waals surface area contributed by atoms with Gasteiger partial charge in [0.1, 0.15) is 5.82 Å². The van der Waals surface area contributed by atoms with Crippen LogP contribution in [0.25, 0.3) is 10.9 Å². The van der Waals surface area contributed by atoms with E-state index in [4.69, 9.17) is 14.9 Å². The van der Waals surface area contributed by atoms with E-state index in [9.17, 15) is 0 Å². The van der Waals surface area contributed by atoms with Crippen LogP contribution in [0.3, 0.4) is 0 Å². The number of fused-ring (bicyclic) bond motifs is 4. The van der Waals surface area contributed by atoms with Gasteiger partial charge in [-0.15, -0.1) is 0 Å². The maximum atomic E-state index is 7.97.